The maximum atomic E-state index is 12.2. The first-order chi connectivity index (χ1) is 12.9. The maximum absolute atomic E-state index is 12.2. The molecule has 0 aliphatic carbocycles. The minimum atomic E-state index is -1.12. The van der Waals surface area contributed by atoms with Crippen LogP contribution in [0.15, 0.2) is 52.7 Å². The van der Waals surface area contributed by atoms with Gasteiger partial charge >= 0.3 is 5.97 Å². The Morgan fingerprint density at radius 1 is 1.11 bits per heavy atom. The number of nitrogens with one attached hydrogen (secondary N) is 2. The summed E-state index contributed by atoms with van der Waals surface area (Å²) >= 11 is 0. The molecule has 1 aromatic heterocycles. The summed E-state index contributed by atoms with van der Waals surface area (Å²) in [5.41, 5.74) is 1.28. The van der Waals surface area contributed by atoms with Crippen LogP contribution in [0.4, 0.5) is 11.4 Å². The van der Waals surface area contributed by atoms with Crippen LogP contribution in [0.3, 0.4) is 0 Å². The number of aromatic carboxylic acids is 1. The van der Waals surface area contributed by atoms with E-state index in [-0.39, 0.29) is 34.8 Å². The number of fused-ring (bicyclic) bond motifs is 1. The van der Waals surface area contributed by atoms with Crippen LogP contribution in [0, 0.1) is 0 Å². The van der Waals surface area contributed by atoms with Crippen LogP contribution in [0.1, 0.15) is 34.6 Å². The fraction of sp³-hybridized carbons (Fsp3) is 0.158. The molecule has 4 N–H and O–H groups in total. The number of hydrogen-bond acceptors (Lipinski definition) is 5. The highest BCUT2D eigenvalue weighted by molar-refractivity contribution is 6.02. The van der Waals surface area contributed by atoms with E-state index < -0.39 is 5.97 Å². The number of carboxylic acid groups (broad SMARTS) is 1. The van der Waals surface area contributed by atoms with E-state index in [2.05, 4.69) is 20.5 Å². The van der Waals surface area contributed by atoms with Gasteiger partial charge in [0.15, 0.2) is 5.69 Å². The molecular formula is C19H18N4O4. The smallest absolute Gasteiger partial charge is 0.337 e. The third-order valence-corrected chi connectivity index (χ3v) is 3.83. The molecule has 0 aliphatic heterocycles. The molecule has 2 aromatic carbocycles. The number of aromatic amines is 1. The number of nitrogens with zero attached hydrogens (tertiary/aromatic N) is 2. The minimum Gasteiger partial charge on any atom is -0.493 e. The van der Waals surface area contributed by atoms with Crippen LogP contribution in [0.2, 0.25) is 0 Å². The number of azo groups is 1. The molecule has 0 saturated carbocycles. The number of hydrogen-bond donors (Lipinski definition) is 4. The Balaban J connectivity index is 2.03. The summed E-state index contributed by atoms with van der Waals surface area (Å²) in [6, 6.07) is 11.0. The van der Waals surface area contributed by atoms with Crippen LogP contribution >= 0.6 is 0 Å². The molecule has 8 nitrogen and oxygen atoms in total. The molecule has 1 amide bonds. The molecule has 1 heterocycles. The normalized spacial score (nSPS) is 11.4. The van der Waals surface area contributed by atoms with Gasteiger partial charge in [0.2, 0.25) is 5.88 Å². The molecule has 0 bridgehead atoms. The lowest BCUT2D eigenvalue weighted by atomic mass is 10.1. The average molecular weight is 366 g/mol. The zero-order chi connectivity index (χ0) is 19.6. The summed E-state index contributed by atoms with van der Waals surface area (Å²) in [6.07, 6.45) is 0. The second-order valence-corrected chi connectivity index (χ2v) is 6.23. The number of rotatable bonds is 5. The first kappa shape index (κ1) is 18.1. The van der Waals surface area contributed by atoms with Crippen molar-refractivity contribution in [3.05, 3.63) is 53.6 Å². The monoisotopic (exact) mass is 366 g/mol. The van der Waals surface area contributed by atoms with Crippen molar-refractivity contribution >= 4 is 34.2 Å². The third kappa shape index (κ3) is 3.79. The molecule has 0 fully saturated rings. The summed E-state index contributed by atoms with van der Waals surface area (Å²) in [5.74, 6) is -1.59. The van der Waals surface area contributed by atoms with Gasteiger partial charge in [0.05, 0.1) is 11.1 Å². The van der Waals surface area contributed by atoms with Gasteiger partial charge in [0.1, 0.15) is 5.69 Å². The van der Waals surface area contributed by atoms with E-state index in [9.17, 15) is 19.8 Å². The van der Waals surface area contributed by atoms with Gasteiger partial charge in [0, 0.05) is 17.0 Å². The largest absolute Gasteiger partial charge is 0.493 e. The number of benzene rings is 2. The Bertz CT molecular complexity index is 1050. The fourth-order valence-corrected chi connectivity index (χ4v) is 2.60. The summed E-state index contributed by atoms with van der Waals surface area (Å²) in [4.78, 5) is 26.2. The SMILES string of the molecule is CC(C)NC(=O)c1ccc2[nH]c(O)c(N=Nc3ccccc3C(=O)O)c2c1. The molecule has 3 aromatic rings. The molecule has 3 rings (SSSR count). The highest BCUT2D eigenvalue weighted by atomic mass is 16.4. The van der Waals surface area contributed by atoms with Crippen LogP contribution in [-0.4, -0.2) is 33.1 Å². The van der Waals surface area contributed by atoms with Crippen LogP contribution in [0.25, 0.3) is 10.9 Å². The Morgan fingerprint density at radius 2 is 1.85 bits per heavy atom. The Labute approximate surface area is 154 Å². The lowest BCUT2D eigenvalue weighted by molar-refractivity contribution is 0.0697. The highest BCUT2D eigenvalue weighted by Gasteiger charge is 2.15. The second-order valence-electron chi connectivity index (χ2n) is 6.23. The molecule has 8 heteroatoms. The average Bonchev–Trinajstić information content (AvgIpc) is 2.93. The van der Waals surface area contributed by atoms with Crippen LogP contribution < -0.4 is 5.32 Å². The topological polar surface area (TPSA) is 127 Å². The second kappa shape index (κ2) is 7.28. The van der Waals surface area contributed by atoms with Crippen molar-refractivity contribution < 1.29 is 19.8 Å². The van der Waals surface area contributed by atoms with E-state index in [1.807, 2.05) is 13.8 Å². The first-order valence-corrected chi connectivity index (χ1v) is 8.26. The summed E-state index contributed by atoms with van der Waals surface area (Å²) < 4.78 is 0. The van der Waals surface area contributed by atoms with Crippen molar-refractivity contribution in [1.29, 1.82) is 0 Å². The van der Waals surface area contributed by atoms with Crippen molar-refractivity contribution in [2.24, 2.45) is 10.2 Å². The van der Waals surface area contributed by atoms with Crippen molar-refractivity contribution in [1.82, 2.24) is 10.3 Å². The zero-order valence-electron chi connectivity index (χ0n) is 14.7. The minimum absolute atomic E-state index is 0.00224. The molecule has 0 radical (unpaired) electrons. The lowest BCUT2D eigenvalue weighted by Crippen LogP contribution is -2.29. The predicted octanol–water partition coefficient (Wildman–Crippen LogP) is 4.13. The van der Waals surface area contributed by atoms with E-state index in [1.54, 1.807) is 30.3 Å². The van der Waals surface area contributed by atoms with Gasteiger partial charge in [-0.25, -0.2) is 4.79 Å². The van der Waals surface area contributed by atoms with Crippen molar-refractivity contribution in [3.63, 3.8) is 0 Å². The number of aromatic hydroxyl groups is 1. The van der Waals surface area contributed by atoms with Gasteiger partial charge in [-0.3, -0.25) is 4.79 Å². The predicted molar refractivity (Wildman–Crippen MR) is 100 cm³/mol. The number of amides is 1. The van der Waals surface area contributed by atoms with E-state index >= 15 is 0 Å². The molecule has 0 saturated heterocycles. The maximum Gasteiger partial charge on any atom is 0.337 e. The molecule has 138 valence electrons. The van der Waals surface area contributed by atoms with Gasteiger partial charge in [-0.15, -0.1) is 10.2 Å². The Kier molecular flexibility index (Phi) is 4.89. The molecule has 0 aliphatic rings. The van der Waals surface area contributed by atoms with Crippen molar-refractivity contribution in [2.75, 3.05) is 0 Å². The first-order valence-electron chi connectivity index (χ1n) is 8.26. The summed E-state index contributed by atoms with van der Waals surface area (Å²) in [5, 5.41) is 30.6. The molecular weight excluding hydrogens is 348 g/mol. The number of H-pyrrole nitrogens is 1. The van der Waals surface area contributed by atoms with Crippen molar-refractivity contribution in [2.45, 2.75) is 19.9 Å². The van der Waals surface area contributed by atoms with E-state index in [0.717, 1.165) is 0 Å². The van der Waals surface area contributed by atoms with Crippen molar-refractivity contribution in [3.8, 4) is 5.88 Å². The quantitative estimate of drug-likeness (QED) is 0.506. The summed E-state index contributed by atoms with van der Waals surface area (Å²) in [7, 11) is 0. The van der Waals surface area contributed by atoms with E-state index in [4.69, 9.17) is 0 Å². The third-order valence-electron chi connectivity index (χ3n) is 3.83. The van der Waals surface area contributed by atoms with E-state index in [0.29, 0.717) is 16.5 Å². The Hall–Kier alpha value is -3.68. The fourth-order valence-electron chi connectivity index (χ4n) is 2.60. The van der Waals surface area contributed by atoms with Gasteiger partial charge < -0.3 is 20.5 Å². The number of carboxylic acids is 1. The molecule has 0 unspecified atom stereocenters. The number of aromatic nitrogens is 1. The standard InChI is InChI=1S/C19H18N4O4/c1-10(2)20-17(24)11-7-8-14-13(9-11)16(18(25)21-14)23-22-15-6-4-3-5-12(15)19(26)27/h3-10,21,25H,1-2H3,(H,20,24)(H,26,27). The van der Waals surface area contributed by atoms with Gasteiger partial charge in [-0.05, 0) is 44.2 Å². The molecule has 27 heavy (non-hydrogen) atoms. The van der Waals surface area contributed by atoms with Crippen LogP contribution in [0.5, 0.6) is 5.88 Å². The van der Waals surface area contributed by atoms with Gasteiger partial charge in [-0.2, -0.15) is 0 Å². The van der Waals surface area contributed by atoms with Crippen LogP contribution in [-0.2, 0) is 0 Å². The lowest BCUT2D eigenvalue weighted by Gasteiger charge is -2.08. The summed E-state index contributed by atoms with van der Waals surface area (Å²) in [6.45, 7) is 3.72. The number of carbonyl (C=O) groups excluding carboxylic acids is 1. The molecule has 0 atom stereocenters. The number of carbonyl (C=O) groups is 2. The highest BCUT2D eigenvalue weighted by Crippen LogP contribution is 2.37. The van der Waals surface area contributed by atoms with E-state index in [1.165, 1.54) is 12.1 Å². The zero-order valence-corrected chi connectivity index (χ0v) is 14.7. The van der Waals surface area contributed by atoms with Gasteiger partial charge in [-0.1, -0.05) is 12.1 Å². The Morgan fingerprint density at radius 3 is 2.56 bits per heavy atom. The van der Waals surface area contributed by atoms with Gasteiger partial charge in [0.25, 0.3) is 5.91 Å². The molecule has 0 spiro atoms.